The Morgan fingerprint density at radius 2 is 2.00 bits per heavy atom. The molecule has 0 radical (unpaired) electrons. The van der Waals surface area contributed by atoms with Gasteiger partial charge in [0.2, 0.25) is 0 Å². The van der Waals surface area contributed by atoms with Gasteiger partial charge < -0.3 is 9.47 Å². The zero-order chi connectivity index (χ0) is 20.2. The van der Waals surface area contributed by atoms with Gasteiger partial charge in [0.05, 0.1) is 6.61 Å². The van der Waals surface area contributed by atoms with Crippen molar-refractivity contribution < 1.29 is 14.3 Å². The first-order chi connectivity index (χ1) is 13.6. The van der Waals surface area contributed by atoms with E-state index in [-0.39, 0.29) is 11.9 Å². The molecule has 4 nitrogen and oxygen atoms in total. The summed E-state index contributed by atoms with van der Waals surface area (Å²) < 4.78 is 11.0. The van der Waals surface area contributed by atoms with Crippen molar-refractivity contribution >= 4 is 12.0 Å². The van der Waals surface area contributed by atoms with Crippen LogP contribution >= 0.6 is 0 Å². The second-order valence-corrected chi connectivity index (χ2v) is 7.17. The largest absolute Gasteiger partial charge is 0.463 e. The molecule has 2 atom stereocenters. The number of carbonyl (C=O) groups excluding carboxylic acids is 1. The Morgan fingerprint density at radius 1 is 1.21 bits per heavy atom. The fourth-order valence-electron chi connectivity index (χ4n) is 3.25. The molecule has 2 N–H and O–H groups in total. The van der Waals surface area contributed by atoms with E-state index in [4.69, 9.17) is 15.2 Å². The van der Waals surface area contributed by atoms with Crippen molar-refractivity contribution in [2.45, 2.75) is 51.7 Å². The minimum atomic E-state index is -0.804. The van der Waals surface area contributed by atoms with E-state index >= 15 is 0 Å². The smallest absolute Gasteiger partial charge is 0.330 e. The van der Waals surface area contributed by atoms with Crippen LogP contribution in [-0.4, -0.2) is 24.9 Å². The molecule has 0 amide bonds. The van der Waals surface area contributed by atoms with Gasteiger partial charge in [0.25, 0.3) is 0 Å². The van der Waals surface area contributed by atoms with E-state index in [1.165, 1.54) is 18.9 Å². The normalized spacial score (nSPS) is 23.4. The molecule has 152 valence electrons. The number of hydrogen-bond acceptors (Lipinski definition) is 4. The zero-order valence-corrected chi connectivity index (χ0v) is 17.1. The van der Waals surface area contributed by atoms with E-state index in [1.54, 1.807) is 6.92 Å². The number of ether oxygens (including phenoxy) is 2. The van der Waals surface area contributed by atoms with E-state index in [0.717, 1.165) is 24.0 Å². The summed E-state index contributed by atoms with van der Waals surface area (Å²) in [4.78, 5) is 11.7. The number of nitrogens with two attached hydrogens (primary N) is 1. The Hall–Kier alpha value is -2.17. The van der Waals surface area contributed by atoms with Gasteiger partial charge in [-0.15, -0.1) is 0 Å². The first-order valence-electron chi connectivity index (χ1n) is 10.3. The Labute approximate surface area is 169 Å². The third-order valence-electron chi connectivity index (χ3n) is 4.74. The molecule has 0 saturated heterocycles. The Morgan fingerprint density at radius 3 is 2.71 bits per heavy atom. The molecule has 0 aromatic heterocycles. The van der Waals surface area contributed by atoms with E-state index in [2.05, 4.69) is 25.1 Å². The molecule has 2 rings (SSSR count). The molecular weight excluding hydrogens is 350 g/mol. The van der Waals surface area contributed by atoms with Crippen LogP contribution in [0.2, 0.25) is 0 Å². The summed E-state index contributed by atoms with van der Waals surface area (Å²) in [6, 6.07) is 10.1. The summed E-state index contributed by atoms with van der Waals surface area (Å²) in [6.45, 7) is 5.02. The molecule has 1 aromatic rings. The minimum absolute atomic E-state index is 0.00928. The monoisotopic (exact) mass is 383 g/mol. The van der Waals surface area contributed by atoms with Crippen molar-refractivity contribution in [1.29, 1.82) is 0 Å². The molecule has 1 aromatic carbocycles. The molecule has 0 spiro atoms. The van der Waals surface area contributed by atoms with Gasteiger partial charge in [0, 0.05) is 25.0 Å². The molecule has 0 fully saturated rings. The highest BCUT2D eigenvalue weighted by Gasteiger charge is 2.30. The molecule has 0 saturated carbocycles. The number of allylic oxidation sites excluding steroid dienone is 2. The van der Waals surface area contributed by atoms with Gasteiger partial charge in [0.1, 0.15) is 5.72 Å². The number of hydrogen-bond donors (Lipinski definition) is 1. The van der Waals surface area contributed by atoms with Crippen molar-refractivity contribution in [2.75, 3.05) is 13.2 Å². The quantitative estimate of drug-likeness (QED) is 0.203. The highest BCUT2D eigenvalue weighted by molar-refractivity contribution is 5.82. The first kappa shape index (κ1) is 22.1. The summed E-state index contributed by atoms with van der Waals surface area (Å²) in [6.07, 6.45) is 14.6. The van der Waals surface area contributed by atoms with Crippen LogP contribution in [0.3, 0.4) is 0 Å². The van der Waals surface area contributed by atoms with E-state index < -0.39 is 5.72 Å². The standard InChI is InChI=1S/C24H33NO3/c1-3-5-6-10-17-28-24(25)16-15-21(13-14-23(26)27-4-2)22(19-24)18-20-11-8-7-9-12-20/h7-9,11-16,18,21H,3-6,10,17,19,25H2,1-2H3. The Bertz CT molecular complexity index is 693. The maximum Gasteiger partial charge on any atom is 0.330 e. The molecule has 0 bridgehead atoms. The van der Waals surface area contributed by atoms with E-state index in [9.17, 15) is 4.79 Å². The van der Waals surface area contributed by atoms with Crippen molar-refractivity contribution in [3.05, 3.63) is 65.8 Å². The topological polar surface area (TPSA) is 61.5 Å². The average molecular weight is 384 g/mol. The lowest BCUT2D eigenvalue weighted by atomic mass is 9.84. The van der Waals surface area contributed by atoms with Crippen molar-refractivity contribution in [3.8, 4) is 0 Å². The molecule has 1 aliphatic carbocycles. The lowest BCUT2D eigenvalue weighted by molar-refractivity contribution is -0.137. The summed E-state index contributed by atoms with van der Waals surface area (Å²) >= 11 is 0. The number of unbranched alkanes of at least 4 members (excludes halogenated alkanes) is 3. The number of carbonyl (C=O) groups is 1. The van der Waals surface area contributed by atoms with Crippen molar-refractivity contribution in [2.24, 2.45) is 11.7 Å². The molecule has 0 heterocycles. The highest BCUT2D eigenvalue weighted by Crippen LogP contribution is 2.33. The highest BCUT2D eigenvalue weighted by atomic mass is 16.5. The van der Waals surface area contributed by atoms with Gasteiger partial charge in [0.15, 0.2) is 0 Å². The molecule has 0 aliphatic heterocycles. The van der Waals surface area contributed by atoms with Gasteiger partial charge >= 0.3 is 5.97 Å². The molecule has 1 aliphatic rings. The summed E-state index contributed by atoms with van der Waals surface area (Å²) in [5.41, 5.74) is 7.93. The van der Waals surface area contributed by atoms with Crippen LogP contribution in [0, 0.1) is 5.92 Å². The van der Waals surface area contributed by atoms with Crippen molar-refractivity contribution in [1.82, 2.24) is 0 Å². The van der Waals surface area contributed by atoms with Crippen LogP contribution in [0.1, 0.15) is 51.5 Å². The first-order valence-corrected chi connectivity index (χ1v) is 10.3. The third-order valence-corrected chi connectivity index (χ3v) is 4.74. The number of benzene rings is 1. The molecular formula is C24H33NO3. The lowest BCUT2D eigenvalue weighted by Gasteiger charge is -2.33. The van der Waals surface area contributed by atoms with Gasteiger partial charge in [-0.3, -0.25) is 5.73 Å². The summed E-state index contributed by atoms with van der Waals surface area (Å²) in [7, 11) is 0. The fraction of sp³-hybridized carbons (Fsp3) is 0.458. The SMILES string of the molecule is CCCCCCOC1(N)C=CC(C=CC(=O)OCC)C(=Cc2ccccc2)C1. The second kappa shape index (κ2) is 11.6. The Kier molecular flexibility index (Phi) is 9.18. The van der Waals surface area contributed by atoms with Crippen LogP contribution in [0.25, 0.3) is 6.08 Å². The van der Waals surface area contributed by atoms with Gasteiger partial charge in [-0.1, -0.05) is 80.3 Å². The van der Waals surface area contributed by atoms with Crippen LogP contribution in [-0.2, 0) is 14.3 Å². The van der Waals surface area contributed by atoms with Gasteiger partial charge in [-0.25, -0.2) is 4.79 Å². The maximum atomic E-state index is 11.7. The van der Waals surface area contributed by atoms with E-state index in [0.29, 0.717) is 19.6 Å². The predicted molar refractivity (Wildman–Crippen MR) is 114 cm³/mol. The molecule has 2 unspecified atom stereocenters. The molecule has 4 heteroatoms. The number of esters is 1. The summed E-state index contributed by atoms with van der Waals surface area (Å²) in [5.74, 6) is -0.336. The zero-order valence-electron chi connectivity index (χ0n) is 17.1. The Balaban J connectivity index is 2.14. The fourth-order valence-corrected chi connectivity index (χ4v) is 3.25. The predicted octanol–water partition coefficient (Wildman–Crippen LogP) is 5.02. The molecule has 28 heavy (non-hydrogen) atoms. The van der Waals surface area contributed by atoms with Crippen LogP contribution in [0.5, 0.6) is 0 Å². The average Bonchev–Trinajstić information content (AvgIpc) is 2.68. The van der Waals surface area contributed by atoms with Crippen LogP contribution in [0.4, 0.5) is 0 Å². The third kappa shape index (κ3) is 7.45. The van der Waals surface area contributed by atoms with E-state index in [1.807, 2.05) is 36.4 Å². The maximum absolute atomic E-state index is 11.7. The van der Waals surface area contributed by atoms with Gasteiger partial charge in [-0.2, -0.15) is 0 Å². The lowest BCUT2D eigenvalue weighted by Crippen LogP contribution is -2.43. The minimum Gasteiger partial charge on any atom is -0.463 e. The van der Waals surface area contributed by atoms with Crippen molar-refractivity contribution in [3.63, 3.8) is 0 Å². The van der Waals surface area contributed by atoms with Gasteiger partial charge in [-0.05, 0) is 25.0 Å². The summed E-state index contributed by atoms with van der Waals surface area (Å²) in [5, 5.41) is 0. The number of rotatable bonds is 10. The van der Waals surface area contributed by atoms with Crippen LogP contribution < -0.4 is 5.73 Å². The second-order valence-electron chi connectivity index (χ2n) is 7.17. The van der Waals surface area contributed by atoms with Crippen LogP contribution in [0.15, 0.2) is 60.2 Å².